The van der Waals surface area contributed by atoms with E-state index in [1.165, 1.54) is 0 Å². The number of aromatic amines is 2. The van der Waals surface area contributed by atoms with Crippen molar-refractivity contribution >= 4 is 45.3 Å². The summed E-state index contributed by atoms with van der Waals surface area (Å²) in [5.41, 5.74) is 6.99. The molecule has 10 nitrogen and oxygen atoms in total. The maximum atomic E-state index is 12.9. The molecule has 1 amide bonds. The first-order chi connectivity index (χ1) is 20.0. The predicted octanol–water partition coefficient (Wildman–Crippen LogP) is 5.56. The summed E-state index contributed by atoms with van der Waals surface area (Å²) >= 11 is 6.24. The molecule has 5 aromatic heterocycles. The van der Waals surface area contributed by atoms with Gasteiger partial charge in [0.1, 0.15) is 5.69 Å². The fourth-order valence-electron chi connectivity index (χ4n) is 5.34. The Labute approximate surface area is 240 Å². The van der Waals surface area contributed by atoms with Crippen molar-refractivity contribution < 1.29 is 4.79 Å². The Morgan fingerprint density at radius 2 is 1.83 bits per heavy atom. The summed E-state index contributed by atoms with van der Waals surface area (Å²) in [6.45, 7) is 1.86. The fraction of sp³-hybridized carbons (Fsp3) is 0.200. The van der Waals surface area contributed by atoms with Crippen LogP contribution in [0.25, 0.3) is 55.8 Å². The quantitative estimate of drug-likeness (QED) is 0.250. The normalized spacial score (nSPS) is 14.6. The van der Waals surface area contributed by atoms with Crippen LogP contribution in [-0.4, -0.2) is 66.1 Å². The molecule has 1 aliphatic rings. The van der Waals surface area contributed by atoms with Crippen LogP contribution in [0.1, 0.15) is 12.8 Å². The predicted molar refractivity (Wildman–Crippen MR) is 159 cm³/mol. The average Bonchev–Trinajstić information content (AvgIpc) is 3.61. The van der Waals surface area contributed by atoms with Crippen molar-refractivity contribution in [1.82, 2.24) is 40.0 Å². The van der Waals surface area contributed by atoms with E-state index in [1.54, 1.807) is 31.0 Å². The summed E-state index contributed by atoms with van der Waals surface area (Å²) in [4.78, 5) is 36.8. The van der Waals surface area contributed by atoms with E-state index in [9.17, 15) is 4.79 Å². The lowest BCUT2D eigenvalue weighted by atomic mass is 9.96. The van der Waals surface area contributed by atoms with Gasteiger partial charge in [0.15, 0.2) is 11.5 Å². The third-order valence-electron chi connectivity index (χ3n) is 7.60. The van der Waals surface area contributed by atoms with Crippen LogP contribution in [0.5, 0.6) is 0 Å². The van der Waals surface area contributed by atoms with Crippen molar-refractivity contribution in [1.29, 1.82) is 0 Å². The largest absolute Gasteiger partial charge is 0.335 e. The van der Waals surface area contributed by atoms with Crippen LogP contribution in [0.2, 0.25) is 5.02 Å². The zero-order valence-electron chi connectivity index (χ0n) is 22.2. The lowest BCUT2D eigenvalue weighted by molar-refractivity contribution is -0.121. The van der Waals surface area contributed by atoms with Gasteiger partial charge in [0, 0.05) is 46.2 Å². The molecule has 0 unspecified atom stereocenters. The fourth-order valence-corrected chi connectivity index (χ4v) is 5.53. The minimum Gasteiger partial charge on any atom is -0.335 e. The second kappa shape index (κ2) is 10.4. The lowest BCUT2D eigenvalue weighted by Crippen LogP contribution is -2.35. The first-order valence-corrected chi connectivity index (χ1v) is 13.8. The molecule has 0 saturated carbocycles. The Bertz CT molecular complexity index is 1910. The number of rotatable bonds is 5. The van der Waals surface area contributed by atoms with Crippen molar-refractivity contribution in [3.05, 3.63) is 72.4 Å². The van der Waals surface area contributed by atoms with Gasteiger partial charge in [-0.25, -0.2) is 9.97 Å². The monoisotopic (exact) mass is 563 g/mol. The van der Waals surface area contributed by atoms with Gasteiger partial charge in [-0.3, -0.25) is 19.9 Å². The molecule has 6 aromatic rings. The van der Waals surface area contributed by atoms with Gasteiger partial charge >= 0.3 is 0 Å². The van der Waals surface area contributed by atoms with Crippen LogP contribution in [0.3, 0.4) is 0 Å². The lowest BCUT2D eigenvalue weighted by Gasteiger charge is -2.28. The van der Waals surface area contributed by atoms with Gasteiger partial charge in [0.2, 0.25) is 5.91 Å². The maximum Gasteiger partial charge on any atom is 0.227 e. The summed E-state index contributed by atoms with van der Waals surface area (Å²) in [7, 11) is 2.08. The number of fused-ring (bicyclic) bond motifs is 2. The van der Waals surface area contributed by atoms with Gasteiger partial charge in [-0.2, -0.15) is 5.10 Å². The number of piperidine rings is 1. The average molecular weight is 564 g/mol. The van der Waals surface area contributed by atoms with Gasteiger partial charge in [0.25, 0.3) is 0 Å². The van der Waals surface area contributed by atoms with Gasteiger partial charge in [0.05, 0.1) is 34.5 Å². The Hall–Kier alpha value is -4.67. The second-order valence-corrected chi connectivity index (χ2v) is 10.8. The number of likely N-dealkylation sites (tertiary alicyclic amines) is 1. The first-order valence-electron chi connectivity index (χ1n) is 13.4. The van der Waals surface area contributed by atoms with E-state index in [1.807, 2.05) is 36.4 Å². The van der Waals surface area contributed by atoms with Crippen LogP contribution in [0.15, 0.2) is 67.4 Å². The van der Waals surface area contributed by atoms with Crippen LogP contribution in [0.4, 0.5) is 5.69 Å². The van der Waals surface area contributed by atoms with Crippen molar-refractivity contribution in [3.8, 4) is 33.8 Å². The molecule has 0 bridgehead atoms. The highest BCUT2D eigenvalue weighted by Gasteiger charge is 2.23. The molecule has 1 fully saturated rings. The van der Waals surface area contributed by atoms with E-state index < -0.39 is 0 Å². The third kappa shape index (κ3) is 4.92. The summed E-state index contributed by atoms with van der Waals surface area (Å²) in [6, 6.07) is 11.5. The second-order valence-electron chi connectivity index (χ2n) is 10.4. The highest BCUT2D eigenvalue weighted by Crippen LogP contribution is 2.33. The molecule has 11 heteroatoms. The van der Waals surface area contributed by atoms with Crippen molar-refractivity contribution in [2.24, 2.45) is 5.92 Å². The topological polar surface area (TPSA) is 128 Å². The minimum atomic E-state index is 0.0137. The molecule has 1 aliphatic heterocycles. The number of hydrogen-bond acceptors (Lipinski definition) is 7. The number of halogens is 1. The molecule has 1 saturated heterocycles. The van der Waals surface area contributed by atoms with Crippen LogP contribution >= 0.6 is 11.6 Å². The van der Waals surface area contributed by atoms with Crippen molar-refractivity contribution in [2.45, 2.75) is 12.8 Å². The Kier molecular flexibility index (Phi) is 6.41. The van der Waals surface area contributed by atoms with Crippen molar-refractivity contribution in [3.63, 3.8) is 0 Å². The van der Waals surface area contributed by atoms with Gasteiger partial charge in [-0.15, -0.1) is 0 Å². The maximum absolute atomic E-state index is 12.9. The van der Waals surface area contributed by atoms with Crippen LogP contribution in [-0.2, 0) is 4.79 Å². The van der Waals surface area contributed by atoms with Crippen LogP contribution < -0.4 is 5.32 Å². The molecular formula is C30H26ClN9O. The number of pyridine rings is 3. The number of hydrogen-bond donors (Lipinski definition) is 3. The molecule has 3 N–H and O–H groups in total. The Morgan fingerprint density at radius 1 is 1.00 bits per heavy atom. The van der Waals surface area contributed by atoms with E-state index in [0.717, 1.165) is 64.6 Å². The highest BCUT2D eigenvalue weighted by atomic mass is 35.5. The molecule has 204 valence electrons. The molecule has 0 atom stereocenters. The number of carbonyl (C=O) groups excluding carboxylic acids is 1. The first kappa shape index (κ1) is 25.3. The van der Waals surface area contributed by atoms with E-state index in [4.69, 9.17) is 16.6 Å². The number of carbonyl (C=O) groups is 1. The number of imidazole rings is 1. The van der Waals surface area contributed by atoms with Crippen LogP contribution in [0, 0.1) is 5.92 Å². The van der Waals surface area contributed by atoms with E-state index in [-0.39, 0.29) is 11.8 Å². The standard InChI is InChI=1S/C30H26ClN9O/c1-40-7-5-17(6-8-40)30(41)35-22-10-19(12-32-14-22)20-11-23-27(38-39-28(23)34-13-20)29-36-25-16-33-15-24(26(25)37-29)18-3-2-4-21(31)9-18/h2-4,9-17H,5-8H2,1H3,(H,35,41)(H,36,37)(H,34,38,39). The van der Waals surface area contributed by atoms with E-state index in [2.05, 4.69) is 47.4 Å². The number of benzene rings is 1. The summed E-state index contributed by atoms with van der Waals surface area (Å²) in [6.07, 6.45) is 10.4. The highest BCUT2D eigenvalue weighted by molar-refractivity contribution is 6.30. The number of anilines is 1. The Balaban J connectivity index is 1.21. The molecule has 1 aromatic carbocycles. The molecule has 0 aliphatic carbocycles. The molecule has 0 radical (unpaired) electrons. The van der Waals surface area contributed by atoms with Gasteiger partial charge < -0.3 is 15.2 Å². The van der Waals surface area contributed by atoms with Gasteiger partial charge in [-0.05, 0) is 62.8 Å². The molecule has 41 heavy (non-hydrogen) atoms. The summed E-state index contributed by atoms with van der Waals surface area (Å²) < 4.78 is 0. The number of nitrogens with one attached hydrogen (secondary N) is 3. The number of H-pyrrole nitrogens is 2. The third-order valence-corrected chi connectivity index (χ3v) is 7.83. The van der Waals surface area contributed by atoms with E-state index in [0.29, 0.717) is 27.9 Å². The summed E-state index contributed by atoms with van der Waals surface area (Å²) in [5, 5.41) is 12.0. The summed E-state index contributed by atoms with van der Waals surface area (Å²) in [5.74, 6) is 0.651. The van der Waals surface area contributed by atoms with E-state index >= 15 is 0 Å². The molecule has 7 rings (SSSR count). The molecule has 6 heterocycles. The smallest absolute Gasteiger partial charge is 0.227 e. The van der Waals surface area contributed by atoms with Gasteiger partial charge in [-0.1, -0.05) is 23.7 Å². The number of amides is 1. The zero-order valence-corrected chi connectivity index (χ0v) is 23.0. The number of nitrogens with zero attached hydrogens (tertiary/aromatic N) is 6. The molecule has 0 spiro atoms. The Morgan fingerprint density at radius 3 is 2.68 bits per heavy atom. The zero-order chi connectivity index (χ0) is 27.9. The SMILES string of the molecule is CN1CCC(C(=O)Nc2cncc(-c3cnc4[nH]nc(-c5nc6c(-c7cccc(Cl)c7)cncc6[nH]5)c4c3)c2)CC1. The molecular weight excluding hydrogens is 538 g/mol. The minimum absolute atomic E-state index is 0.0137. The van der Waals surface area contributed by atoms with Crippen molar-refractivity contribution in [2.75, 3.05) is 25.5 Å². The number of aromatic nitrogens is 7.